The second-order valence-corrected chi connectivity index (χ2v) is 6.64. The fourth-order valence-corrected chi connectivity index (χ4v) is 3.28. The number of anilines is 2. The van der Waals surface area contributed by atoms with Crippen molar-refractivity contribution in [1.82, 2.24) is 9.97 Å². The van der Waals surface area contributed by atoms with Crippen molar-refractivity contribution < 1.29 is 4.42 Å². The summed E-state index contributed by atoms with van der Waals surface area (Å²) in [7, 11) is 0. The van der Waals surface area contributed by atoms with E-state index in [1.165, 1.54) is 25.7 Å². The van der Waals surface area contributed by atoms with Gasteiger partial charge in [-0.25, -0.2) is 4.98 Å². The summed E-state index contributed by atoms with van der Waals surface area (Å²) >= 11 is 0. The molecule has 1 aliphatic heterocycles. The van der Waals surface area contributed by atoms with Crippen LogP contribution in [-0.2, 0) is 6.54 Å². The van der Waals surface area contributed by atoms with Crippen LogP contribution in [-0.4, -0.2) is 23.1 Å². The second-order valence-electron chi connectivity index (χ2n) is 6.64. The number of furan rings is 1. The SMILES string of the molecule is c1ccc(-c2cc(NCc3ccco3)nc(N3CCCCCC3)n2)cc1. The second kappa shape index (κ2) is 8.04. The molecule has 1 fully saturated rings. The molecule has 1 N–H and O–H groups in total. The monoisotopic (exact) mass is 348 g/mol. The number of aromatic nitrogens is 2. The molecule has 4 rings (SSSR count). The predicted octanol–water partition coefficient (Wildman–Crippen LogP) is 4.73. The van der Waals surface area contributed by atoms with Crippen molar-refractivity contribution in [2.24, 2.45) is 0 Å². The molecule has 1 aromatic carbocycles. The molecule has 0 aliphatic carbocycles. The summed E-state index contributed by atoms with van der Waals surface area (Å²) in [5, 5.41) is 3.38. The summed E-state index contributed by atoms with van der Waals surface area (Å²) in [5.74, 6) is 2.53. The first-order chi connectivity index (χ1) is 12.9. The van der Waals surface area contributed by atoms with Gasteiger partial charge in [0.1, 0.15) is 11.6 Å². The molecule has 3 heterocycles. The van der Waals surface area contributed by atoms with E-state index in [9.17, 15) is 0 Å². The van der Waals surface area contributed by atoms with Crippen molar-refractivity contribution in [2.75, 3.05) is 23.3 Å². The highest BCUT2D eigenvalue weighted by Crippen LogP contribution is 2.24. The van der Waals surface area contributed by atoms with Crippen LogP contribution in [0, 0.1) is 0 Å². The van der Waals surface area contributed by atoms with Crippen molar-refractivity contribution in [3.8, 4) is 11.3 Å². The molecule has 0 atom stereocenters. The highest BCUT2D eigenvalue weighted by molar-refractivity contribution is 5.64. The van der Waals surface area contributed by atoms with E-state index >= 15 is 0 Å². The average molecular weight is 348 g/mol. The van der Waals surface area contributed by atoms with Gasteiger partial charge >= 0.3 is 0 Å². The maximum atomic E-state index is 5.42. The molecule has 1 aliphatic rings. The van der Waals surface area contributed by atoms with Crippen molar-refractivity contribution in [3.05, 3.63) is 60.6 Å². The van der Waals surface area contributed by atoms with E-state index in [2.05, 4.69) is 22.3 Å². The number of rotatable bonds is 5. The molecule has 0 amide bonds. The van der Waals surface area contributed by atoms with Gasteiger partial charge in [0.05, 0.1) is 18.5 Å². The number of hydrogen-bond donors (Lipinski definition) is 1. The van der Waals surface area contributed by atoms with Gasteiger partial charge in [0.15, 0.2) is 0 Å². The Labute approximate surface area is 154 Å². The molecule has 2 aromatic heterocycles. The summed E-state index contributed by atoms with van der Waals surface area (Å²) in [6.45, 7) is 2.66. The topological polar surface area (TPSA) is 54.2 Å². The fourth-order valence-electron chi connectivity index (χ4n) is 3.28. The zero-order valence-corrected chi connectivity index (χ0v) is 14.9. The van der Waals surface area contributed by atoms with E-state index in [0.717, 1.165) is 41.9 Å². The van der Waals surface area contributed by atoms with Gasteiger partial charge in [-0.3, -0.25) is 0 Å². The zero-order valence-electron chi connectivity index (χ0n) is 14.9. The first-order valence-corrected chi connectivity index (χ1v) is 9.34. The fraction of sp³-hybridized carbons (Fsp3) is 0.333. The molecule has 1 saturated heterocycles. The zero-order chi connectivity index (χ0) is 17.6. The van der Waals surface area contributed by atoms with Crippen LogP contribution < -0.4 is 10.2 Å². The molecule has 0 unspecified atom stereocenters. The third-order valence-electron chi connectivity index (χ3n) is 4.70. The Kier molecular flexibility index (Phi) is 5.14. The van der Waals surface area contributed by atoms with Gasteiger partial charge in [-0.1, -0.05) is 43.2 Å². The largest absolute Gasteiger partial charge is 0.467 e. The molecular formula is C21H24N4O. The van der Waals surface area contributed by atoms with Crippen molar-refractivity contribution in [1.29, 1.82) is 0 Å². The van der Waals surface area contributed by atoms with E-state index in [-0.39, 0.29) is 0 Å². The van der Waals surface area contributed by atoms with E-state index in [4.69, 9.17) is 14.4 Å². The molecule has 0 radical (unpaired) electrons. The van der Waals surface area contributed by atoms with Crippen LogP contribution in [0.2, 0.25) is 0 Å². The van der Waals surface area contributed by atoms with Crippen LogP contribution in [0.4, 0.5) is 11.8 Å². The summed E-state index contributed by atoms with van der Waals surface area (Å²) in [6.07, 6.45) is 6.67. The minimum Gasteiger partial charge on any atom is -0.467 e. The number of nitrogens with one attached hydrogen (secondary N) is 1. The quantitative estimate of drug-likeness (QED) is 0.722. The first-order valence-electron chi connectivity index (χ1n) is 9.34. The third kappa shape index (κ3) is 4.04. The van der Waals surface area contributed by atoms with Gasteiger partial charge in [-0.15, -0.1) is 0 Å². The van der Waals surface area contributed by atoms with Crippen LogP contribution >= 0.6 is 0 Å². The highest BCUT2D eigenvalue weighted by Gasteiger charge is 2.15. The highest BCUT2D eigenvalue weighted by atomic mass is 16.3. The van der Waals surface area contributed by atoms with Crippen LogP contribution in [0.1, 0.15) is 31.4 Å². The summed E-state index contributed by atoms with van der Waals surface area (Å²) in [4.78, 5) is 12.0. The maximum absolute atomic E-state index is 5.42. The van der Waals surface area contributed by atoms with Gasteiger partial charge < -0.3 is 14.6 Å². The lowest BCUT2D eigenvalue weighted by atomic mass is 10.1. The van der Waals surface area contributed by atoms with Gasteiger partial charge in [0.25, 0.3) is 0 Å². The van der Waals surface area contributed by atoms with E-state index in [1.807, 2.05) is 36.4 Å². The van der Waals surface area contributed by atoms with Crippen molar-refractivity contribution in [2.45, 2.75) is 32.2 Å². The van der Waals surface area contributed by atoms with Crippen LogP contribution in [0.25, 0.3) is 11.3 Å². The minimum atomic E-state index is 0.609. The Morgan fingerprint density at radius 3 is 2.46 bits per heavy atom. The molecule has 0 bridgehead atoms. The van der Waals surface area contributed by atoms with E-state index in [1.54, 1.807) is 6.26 Å². The van der Waals surface area contributed by atoms with Crippen molar-refractivity contribution in [3.63, 3.8) is 0 Å². The lowest BCUT2D eigenvalue weighted by Crippen LogP contribution is -2.26. The summed E-state index contributed by atoms with van der Waals surface area (Å²) in [6, 6.07) is 16.2. The molecule has 5 nitrogen and oxygen atoms in total. The smallest absolute Gasteiger partial charge is 0.227 e. The van der Waals surface area contributed by atoms with Gasteiger partial charge in [0, 0.05) is 24.7 Å². The Morgan fingerprint density at radius 2 is 1.73 bits per heavy atom. The predicted molar refractivity (Wildman–Crippen MR) is 104 cm³/mol. The standard InChI is InChI=1S/C21H24N4O/c1-2-7-13-25(12-6-1)21-23-19(17-9-4-3-5-10-17)15-20(24-21)22-16-18-11-8-14-26-18/h3-5,8-11,14-15H,1-2,6-7,12-13,16H2,(H,22,23,24). The minimum absolute atomic E-state index is 0.609. The lowest BCUT2D eigenvalue weighted by molar-refractivity contribution is 0.518. The average Bonchev–Trinajstić information content (AvgIpc) is 3.07. The Hall–Kier alpha value is -2.82. The molecule has 3 aromatic rings. The Balaban J connectivity index is 1.64. The van der Waals surface area contributed by atoms with Gasteiger partial charge in [-0.2, -0.15) is 4.98 Å². The van der Waals surface area contributed by atoms with Gasteiger partial charge in [0.2, 0.25) is 5.95 Å². The number of benzene rings is 1. The van der Waals surface area contributed by atoms with Crippen molar-refractivity contribution >= 4 is 11.8 Å². The first kappa shape index (κ1) is 16.6. The van der Waals surface area contributed by atoms with Crippen LogP contribution in [0.15, 0.2) is 59.2 Å². The number of hydrogen-bond acceptors (Lipinski definition) is 5. The molecule has 0 saturated carbocycles. The third-order valence-corrected chi connectivity index (χ3v) is 4.70. The lowest BCUT2D eigenvalue weighted by Gasteiger charge is -2.21. The number of nitrogens with zero attached hydrogens (tertiary/aromatic N) is 3. The van der Waals surface area contributed by atoms with Crippen LogP contribution in [0.3, 0.4) is 0 Å². The molecular weight excluding hydrogens is 324 g/mol. The van der Waals surface area contributed by atoms with E-state index in [0.29, 0.717) is 6.54 Å². The summed E-state index contributed by atoms with van der Waals surface area (Å²) < 4.78 is 5.42. The maximum Gasteiger partial charge on any atom is 0.227 e. The van der Waals surface area contributed by atoms with E-state index < -0.39 is 0 Å². The Bertz CT molecular complexity index is 809. The van der Waals surface area contributed by atoms with Gasteiger partial charge in [-0.05, 0) is 25.0 Å². The molecule has 5 heteroatoms. The van der Waals surface area contributed by atoms with Crippen LogP contribution in [0.5, 0.6) is 0 Å². The molecule has 26 heavy (non-hydrogen) atoms. The Morgan fingerprint density at radius 1 is 0.923 bits per heavy atom. The normalized spacial score (nSPS) is 14.8. The molecule has 0 spiro atoms. The summed E-state index contributed by atoms with van der Waals surface area (Å²) in [5.41, 5.74) is 2.05. The molecule has 134 valence electrons.